The Balaban J connectivity index is 0.000000461. The average Bonchev–Trinajstić information content (AvgIpc) is 3.11. The second kappa shape index (κ2) is 25.8. The molecule has 2 aromatic heterocycles. The minimum atomic E-state index is 0. The molecule has 0 bridgehead atoms. The van der Waals surface area contributed by atoms with E-state index in [4.69, 9.17) is 0 Å². The van der Waals surface area contributed by atoms with Gasteiger partial charge in [-0.25, -0.2) is 0 Å². The fourth-order valence-corrected chi connectivity index (χ4v) is 4.68. The first-order valence-corrected chi connectivity index (χ1v) is 16.3. The van der Waals surface area contributed by atoms with Crippen LogP contribution in [0.1, 0.15) is 38.8 Å². The summed E-state index contributed by atoms with van der Waals surface area (Å²) in [5, 5.41) is 0. The molecule has 0 aliphatic heterocycles. The zero-order chi connectivity index (χ0) is 32.7. The van der Waals surface area contributed by atoms with Crippen molar-refractivity contribution in [3.8, 4) is 0 Å². The maximum atomic E-state index is 2.35. The van der Waals surface area contributed by atoms with Crippen molar-refractivity contribution in [3.63, 3.8) is 0 Å². The van der Waals surface area contributed by atoms with Gasteiger partial charge in [-0.05, 0) is 63.1 Å². The maximum absolute atomic E-state index is 2.35. The molecular formula is C42H50Br2N4. The third-order valence-electron chi connectivity index (χ3n) is 7.28. The summed E-state index contributed by atoms with van der Waals surface area (Å²) in [4.78, 5) is 4.69. The SMILES string of the molecule is CCN(CC)c1ccc(C=CC=CC=C[n+]2ccccc2)cc1.CCN(CC)c1ccc(C=CC=CC=C[n+]2ccccc2)cc1.[Br-].[Br-]. The molecule has 48 heavy (non-hydrogen) atoms. The molecule has 0 radical (unpaired) electrons. The molecule has 0 aliphatic rings. The molecular weight excluding hydrogens is 720 g/mol. The van der Waals surface area contributed by atoms with Gasteiger partial charge >= 0.3 is 0 Å². The summed E-state index contributed by atoms with van der Waals surface area (Å²) in [5.74, 6) is 0. The Morgan fingerprint density at radius 3 is 1.04 bits per heavy atom. The van der Waals surface area contributed by atoms with Gasteiger partial charge in [0.25, 0.3) is 0 Å². The van der Waals surface area contributed by atoms with Crippen LogP contribution >= 0.6 is 0 Å². The molecule has 2 heterocycles. The number of halogens is 2. The van der Waals surface area contributed by atoms with Crippen molar-refractivity contribution in [2.75, 3.05) is 36.0 Å². The highest BCUT2D eigenvalue weighted by Gasteiger charge is 2.01. The van der Waals surface area contributed by atoms with E-state index in [1.165, 1.54) is 22.5 Å². The van der Waals surface area contributed by atoms with Crippen LogP contribution in [0.15, 0.2) is 158 Å². The molecule has 252 valence electrons. The molecule has 0 atom stereocenters. The molecule has 0 aliphatic carbocycles. The summed E-state index contributed by atoms with van der Waals surface area (Å²) in [6, 6.07) is 29.4. The standard InChI is InChI=1S/2C21H25N2.2BrH/c2*1-3-23(4-2)21-15-13-20(14-16-21)12-8-5-6-9-17-22-18-10-7-11-19-22;;/h2*5-19H,3-4H2,1-2H3;2*1H/q2*+1;;/p-2. The number of rotatable bonds is 14. The first kappa shape index (κ1) is 41.8. The van der Waals surface area contributed by atoms with E-state index in [-0.39, 0.29) is 34.0 Å². The molecule has 4 aromatic rings. The van der Waals surface area contributed by atoms with Crippen LogP contribution in [0.3, 0.4) is 0 Å². The van der Waals surface area contributed by atoms with Gasteiger partial charge in [-0.1, -0.05) is 85.0 Å². The van der Waals surface area contributed by atoms with Gasteiger partial charge in [0.15, 0.2) is 37.2 Å². The van der Waals surface area contributed by atoms with Crippen LogP contribution in [0.2, 0.25) is 0 Å². The summed E-state index contributed by atoms with van der Waals surface area (Å²) >= 11 is 0. The third kappa shape index (κ3) is 16.0. The van der Waals surface area contributed by atoms with Crippen molar-refractivity contribution in [2.24, 2.45) is 0 Å². The van der Waals surface area contributed by atoms with Gasteiger partial charge in [-0.15, -0.1) is 0 Å². The largest absolute Gasteiger partial charge is 1.00 e. The lowest BCUT2D eigenvalue weighted by Crippen LogP contribution is -3.00. The van der Waals surface area contributed by atoms with Crippen LogP contribution in [-0.4, -0.2) is 26.2 Å². The number of aromatic nitrogens is 2. The zero-order valence-electron chi connectivity index (χ0n) is 28.7. The molecule has 0 amide bonds. The molecule has 0 saturated heterocycles. The molecule has 0 fully saturated rings. The predicted octanol–water partition coefficient (Wildman–Crippen LogP) is 3.13. The van der Waals surface area contributed by atoms with E-state index in [9.17, 15) is 0 Å². The van der Waals surface area contributed by atoms with E-state index in [1.807, 2.05) is 119 Å². The second-order valence-electron chi connectivity index (χ2n) is 10.3. The lowest BCUT2D eigenvalue weighted by Gasteiger charge is -2.20. The minimum absolute atomic E-state index is 0. The van der Waals surface area contributed by atoms with Gasteiger partial charge in [-0.2, -0.15) is 9.13 Å². The van der Waals surface area contributed by atoms with Crippen LogP contribution in [0, 0.1) is 0 Å². The van der Waals surface area contributed by atoms with Crippen molar-refractivity contribution < 1.29 is 43.1 Å². The first-order chi connectivity index (χ1) is 22.7. The predicted molar refractivity (Wildman–Crippen MR) is 200 cm³/mol. The van der Waals surface area contributed by atoms with Crippen LogP contribution in [0.4, 0.5) is 11.4 Å². The number of allylic oxidation sites excluding steroid dienone is 8. The van der Waals surface area contributed by atoms with Gasteiger partial charge in [-0.3, -0.25) is 0 Å². The van der Waals surface area contributed by atoms with Crippen molar-refractivity contribution in [2.45, 2.75) is 27.7 Å². The molecule has 0 N–H and O–H groups in total. The van der Waals surface area contributed by atoms with Crippen LogP contribution in [0.25, 0.3) is 24.6 Å². The summed E-state index contributed by atoms with van der Waals surface area (Å²) in [5.41, 5.74) is 5.00. The van der Waals surface area contributed by atoms with E-state index < -0.39 is 0 Å². The second-order valence-corrected chi connectivity index (χ2v) is 10.3. The summed E-state index contributed by atoms with van der Waals surface area (Å²) in [6.45, 7) is 12.9. The lowest BCUT2D eigenvalue weighted by atomic mass is 10.2. The Labute approximate surface area is 310 Å². The van der Waals surface area contributed by atoms with Gasteiger partial charge in [0, 0.05) is 74.0 Å². The monoisotopic (exact) mass is 768 g/mol. The Morgan fingerprint density at radius 2 is 0.729 bits per heavy atom. The van der Waals surface area contributed by atoms with Crippen molar-refractivity contribution in [3.05, 3.63) is 169 Å². The summed E-state index contributed by atoms with van der Waals surface area (Å²) in [7, 11) is 0. The highest BCUT2D eigenvalue weighted by Crippen LogP contribution is 2.16. The highest BCUT2D eigenvalue weighted by molar-refractivity contribution is 5.58. The van der Waals surface area contributed by atoms with E-state index in [0.29, 0.717) is 0 Å². The van der Waals surface area contributed by atoms with Crippen LogP contribution < -0.4 is 52.9 Å². The third-order valence-corrected chi connectivity index (χ3v) is 7.28. The molecule has 4 rings (SSSR count). The van der Waals surface area contributed by atoms with E-state index in [2.05, 4.69) is 110 Å². The fraction of sp³-hybridized carbons (Fsp3) is 0.190. The van der Waals surface area contributed by atoms with Crippen molar-refractivity contribution >= 4 is 35.9 Å². The molecule has 0 unspecified atom stereocenters. The van der Waals surface area contributed by atoms with Gasteiger partial charge < -0.3 is 43.8 Å². The van der Waals surface area contributed by atoms with Crippen molar-refractivity contribution in [1.29, 1.82) is 0 Å². The number of anilines is 2. The van der Waals surface area contributed by atoms with Gasteiger partial charge in [0.2, 0.25) is 0 Å². The quantitative estimate of drug-likeness (QED) is 0.145. The topological polar surface area (TPSA) is 14.2 Å². The van der Waals surface area contributed by atoms with Gasteiger partial charge in [0.05, 0.1) is 0 Å². The van der Waals surface area contributed by atoms with E-state index >= 15 is 0 Å². The first-order valence-electron chi connectivity index (χ1n) is 16.3. The van der Waals surface area contributed by atoms with Crippen molar-refractivity contribution in [1.82, 2.24) is 0 Å². The number of pyridine rings is 2. The number of nitrogens with zero attached hydrogens (tertiary/aromatic N) is 4. The normalized spacial score (nSPS) is 11.2. The molecule has 2 aromatic carbocycles. The molecule has 0 saturated carbocycles. The van der Waals surface area contributed by atoms with Gasteiger partial charge in [0.1, 0.15) is 0 Å². The molecule has 4 nitrogen and oxygen atoms in total. The number of benzene rings is 2. The fourth-order valence-electron chi connectivity index (χ4n) is 4.68. The molecule has 6 heteroatoms. The highest BCUT2D eigenvalue weighted by atomic mass is 79.9. The maximum Gasteiger partial charge on any atom is 0.174 e. The number of hydrogen-bond donors (Lipinski definition) is 0. The molecule has 0 spiro atoms. The number of hydrogen-bond acceptors (Lipinski definition) is 2. The lowest BCUT2D eigenvalue weighted by molar-refractivity contribution is -0.568. The van der Waals surface area contributed by atoms with E-state index in [0.717, 1.165) is 26.2 Å². The smallest absolute Gasteiger partial charge is 0.174 e. The Kier molecular flexibility index (Phi) is 22.4. The Morgan fingerprint density at radius 1 is 0.417 bits per heavy atom. The van der Waals surface area contributed by atoms with Crippen LogP contribution in [-0.2, 0) is 0 Å². The van der Waals surface area contributed by atoms with Crippen LogP contribution in [0.5, 0.6) is 0 Å². The average molecular weight is 771 g/mol. The van der Waals surface area contributed by atoms with E-state index in [1.54, 1.807) is 0 Å². The summed E-state index contributed by atoms with van der Waals surface area (Å²) < 4.78 is 4.03. The minimum Gasteiger partial charge on any atom is -1.00 e. The Bertz CT molecular complexity index is 1430. The summed E-state index contributed by atoms with van der Waals surface area (Å²) in [6.07, 6.45) is 32.6. The zero-order valence-corrected chi connectivity index (χ0v) is 31.9. The Hall–Kier alpha value is -4.26.